The first-order chi connectivity index (χ1) is 11.1. The second-order valence-electron chi connectivity index (χ2n) is 7.17. The second-order valence-corrected chi connectivity index (χ2v) is 7.17. The van der Waals surface area contributed by atoms with Crippen molar-refractivity contribution in [2.24, 2.45) is 5.41 Å². The van der Waals surface area contributed by atoms with E-state index in [-0.39, 0.29) is 5.41 Å². The molecule has 1 aromatic heterocycles. The molecule has 1 aromatic carbocycles. The van der Waals surface area contributed by atoms with E-state index in [0.717, 1.165) is 24.1 Å². The van der Waals surface area contributed by atoms with E-state index in [0.29, 0.717) is 17.7 Å². The van der Waals surface area contributed by atoms with Crippen LogP contribution in [0.3, 0.4) is 0 Å². The Balaban J connectivity index is 2.09. The van der Waals surface area contributed by atoms with Crippen molar-refractivity contribution in [3.63, 3.8) is 0 Å². The smallest absolute Gasteiger partial charge is 0.388 e. The number of aliphatic hydroxyl groups is 1. The van der Waals surface area contributed by atoms with Gasteiger partial charge >= 0.3 is 6.18 Å². The van der Waals surface area contributed by atoms with Gasteiger partial charge in [0.2, 0.25) is 0 Å². The quantitative estimate of drug-likeness (QED) is 0.784. The summed E-state index contributed by atoms with van der Waals surface area (Å²) in [5, 5.41) is 10.2. The van der Waals surface area contributed by atoms with E-state index in [1.54, 1.807) is 18.3 Å². The van der Waals surface area contributed by atoms with Gasteiger partial charge in [-0.05, 0) is 42.0 Å². The van der Waals surface area contributed by atoms with Crippen LogP contribution in [0.1, 0.15) is 50.8 Å². The molecule has 1 unspecified atom stereocenters. The minimum absolute atomic E-state index is 0.147. The van der Waals surface area contributed by atoms with Crippen LogP contribution in [0.5, 0.6) is 0 Å². The maximum Gasteiger partial charge on any atom is 0.416 e. The van der Waals surface area contributed by atoms with Crippen LogP contribution in [-0.2, 0) is 6.18 Å². The fourth-order valence-corrected chi connectivity index (χ4v) is 2.34. The summed E-state index contributed by atoms with van der Waals surface area (Å²) in [7, 11) is 0. The summed E-state index contributed by atoms with van der Waals surface area (Å²) in [6.45, 7) is 6.35. The summed E-state index contributed by atoms with van der Waals surface area (Å²) in [4.78, 5) is 4.27. The largest absolute Gasteiger partial charge is 0.416 e. The predicted octanol–water partition coefficient (Wildman–Crippen LogP) is 5.63. The first-order valence-electron chi connectivity index (χ1n) is 7.88. The van der Waals surface area contributed by atoms with E-state index < -0.39 is 17.8 Å². The summed E-state index contributed by atoms with van der Waals surface area (Å²) < 4.78 is 37.7. The van der Waals surface area contributed by atoms with E-state index in [2.05, 4.69) is 25.8 Å². The minimum Gasteiger partial charge on any atom is -0.388 e. The Hall–Kier alpha value is -1.88. The molecule has 0 saturated carbocycles. The van der Waals surface area contributed by atoms with Crippen molar-refractivity contribution in [2.75, 3.05) is 0 Å². The lowest BCUT2D eigenvalue weighted by molar-refractivity contribution is -0.137. The van der Waals surface area contributed by atoms with Crippen molar-refractivity contribution in [1.29, 1.82) is 0 Å². The molecular formula is C19H22F3NO. The average Bonchev–Trinajstić information content (AvgIpc) is 2.51. The molecule has 130 valence electrons. The molecule has 0 spiro atoms. The van der Waals surface area contributed by atoms with Gasteiger partial charge in [-0.15, -0.1) is 0 Å². The van der Waals surface area contributed by atoms with E-state index >= 15 is 0 Å². The maximum absolute atomic E-state index is 12.6. The highest BCUT2D eigenvalue weighted by molar-refractivity contribution is 5.59. The molecule has 0 amide bonds. The predicted molar refractivity (Wildman–Crippen MR) is 88.3 cm³/mol. The molecule has 1 atom stereocenters. The fourth-order valence-electron chi connectivity index (χ4n) is 2.34. The van der Waals surface area contributed by atoms with Crippen LogP contribution in [0.25, 0.3) is 11.3 Å². The number of benzene rings is 1. The Kier molecular flexibility index (Phi) is 5.33. The maximum atomic E-state index is 12.6. The number of rotatable bonds is 4. The number of halogens is 3. The third-order valence-corrected chi connectivity index (χ3v) is 3.85. The SMILES string of the molecule is CC(C)(C)CCC(O)c1ccc(-c2ccc(C(F)(F)F)cc2)nc1. The Morgan fingerprint density at radius 2 is 1.62 bits per heavy atom. The molecule has 0 radical (unpaired) electrons. The molecular weight excluding hydrogens is 315 g/mol. The van der Waals surface area contributed by atoms with Gasteiger partial charge in [0.05, 0.1) is 17.4 Å². The molecule has 0 aliphatic heterocycles. The Bertz CT molecular complexity index is 655. The number of aliphatic hydroxyl groups excluding tert-OH is 1. The molecule has 2 aromatic rings. The number of pyridine rings is 1. The highest BCUT2D eigenvalue weighted by atomic mass is 19.4. The van der Waals surface area contributed by atoms with E-state index in [1.165, 1.54) is 12.1 Å². The van der Waals surface area contributed by atoms with Gasteiger partial charge in [0, 0.05) is 11.8 Å². The molecule has 0 saturated heterocycles. The zero-order valence-corrected chi connectivity index (χ0v) is 14.1. The van der Waals surface area contributed by atoms with Crippen molar-refractivity contribution in [1.82, 2.24) is 4.98 Å². The van der Waals surface area contributed by atoms with E-state index in [4.69, 9.17) is 0 Å². The molecule has 0 fully saturated rings. The summed E-state index contributed by atoms with van der Waals surface area (Å²) in [5.41, 5.74) is 1.37. The van der Waals surface area contributed by atoms with Gasteiger partial charge in [0.1, 0.15) is 0 Å². The molecule has 0 aliphatic carbocycles. The normalized spacial score (nSPS) is 13.8. The first kappa shape index (κ1) is 18.5. The lowest BCUT2D eigenvalue weighted by Crippen LogP contribution is -2.08. The van der Waals surface area contributed by atoms with Gasteiger partial charge in [0.25, 0.3) is 0 Å². The van der Waals surface area contributed by atoms with E-state index in [1.807, 2.05) is 0 Å². The summed E-state index contributed by atoms with van der Waals surface area (Å²) in [6, 6.07) is 8.39. The Morgan fingerprint density at radius 3 is 2.08 bits per heavy atom. The highest BCUT2D eigenvalue weighted by Gasteiger charge is 2.30. The lowest BCUT2D eigenvalue weighted by Gasteiger charge is -2.20. The highest BCUT2D eigenvalue weighted by Crippen LogP contribution is 2.31. The van der Waals surface area contributed by atoms with Gasteiger partial charge in [-0.1, -0.05) is 39.0 Å². The van der Waals surface area contributed by atoms with Crippen molar-refractivity contribution < 1.29 is 18.3 Å². The zero-order valence-electron chi connectivity index (χ0n) is 14.1. The fraction of sp³-hybridized carbons (Fsp3) is 0.421. The molecule has 5 heteroatoms. The lowest BCUT2D eigenvalue weighted by atomic mass is 9.88. The molecule has 2 rings (SSSR count). The molecule has 24 heavy (non-hydrogen) atoms. The van der Waals surface area contributed by atoms with Crippen LogP contribution in [-0.4, -0.2) is 10.1 Å². The second kappa shape index (κ2) is 6.93. The third-order valence-electron chi connectivity index (χ3n) is 3.85. The number of alkyl halides is 3. The molecule has 1 heterocycles. The zero-order chi connectivity index (χ0) is 18.0. The van der Waals surface area contributed by atoms with E-state index in [9.17, 15) is 18.3 Å². The summed E-state index contributed by atoms with van der Waals surface area (Å²) >= 11 is 0. The molecule has 1 N–H and O–H groups in total. The molecule has 2 nitrogen and oxygen atoms in total. The van der Waals surface area contributed by atoms with Crippen molar-refractivity contribution in [3.05, 3.63) is 53.7 Å². The Morgan fingerprint density at radius 1 is 1.00 bits per heavy atom. The van der Waals surface area contributed by atoms with Crippen LogP contribution in [0, 0.1) is 5.41 Å². The van der Waals surface area contributed by atoms with Gasteiger partial charge in [0.15, 0.2) is 0 Å². The monoisotopic (exact) mass is 337 g/mol. The van der Waals surface area contributed by atoms with Gasteiger partial charge < -0.3 is 5.11 Å². The van der Waals surface area contributed by atoms with Crippen LogP contribution in [0.2, 0.25) is 0 Å². The standard InChI is InChI=1S/C19H22F3NO/c1-18(2,3)11-10-17(24)14-6-9-16(23-12-14)13-4-7-15(8-5-13)19(20,21)22/h4-9,12,17,24H,10-11H2,1-3H3. The topological polar surface area (TPSA) is 33.1 Å². The number of nitrogens with zero attached hydrogens (tertiary/aromatic N) is 1. The number of aromatic nitrogens is 1. The van der Waals surface area contributed by atoms with Crippen molar-refractivity contribution >= 4 is 0 Å². The first-order valence-corrected chi connectivity index (χ1v) is 7.88. The van der Waals surface area contributed by atoms with Crippen LogP contribution < -0.4 is 0 Å². The summed E-state index contributed by atoms with van der Waals surface area (Å²) in [5.74, 6) is 0. The van der Waals surface area contributed by atoms with Crippen LogP contribution in [0.15, 0.2) is 42.6 Å². The van der Waals surface area contributed by atoms with Crippen LogP contribution >= 0.6 is 0 Å². The van der Waals surface area contributed by atoms with Gasteiger partial charge in [-0.3, -0.25) is 4.98 Å². The van der Waals surface area contributed by atoms with Crippen molar-refractivity contribution in [3.8, 4) is 11.3 Å². The Labute approximate surface area is 140 Å². The molecule has 0 bridgehead atoms. The molecule has 0 aliphatic rings. The van der Waals surface area contributed by atoms with Gasteiger partial charge in [-0.2, -0.15) is 13.2 Å². The number of hydrogen-bond acceptors (Lipinski definition) is 2. The third kappa shape index (κ3) is 5.06. The number of hydrogen-bond donors (Lipinski definition) is 1. The van der Waals surface area contributed by atoms with Gasteiger partial charge in [-0.25, -0.2) is 0 Å². The minimum atomic E-state index is -4.34. The summed E-state index contributed by atoms with van der Waals surface area (Å²) in [6.07, 6.45) is -1.81. The average molecular weight is 337 g/mol. The van der Waals surface area contributed by atoms with Crippen molar-refractivity contribution in [2.45, 2.75) is 45.9 Å². The van der Waals surface area contributed by atoms with Crippen LogP contribution in [0.4, 0.5) is 13.2 Å².